The second-order valence-electron chi connectivity index (χ2n) is 8.63. The van der Waals surface area contributed by atoms with Crippen LogP contribution in [0.4, 0.5) is 0 Å². The predicted molar refractivity (Wildman–Crippen MR) is 128 cm³/mol. The molecule has 3 heterocycles. The molecule has 2 aromatic heterocycles. The molecule has 7 heteroatoms. The van der Waals surface area contributed by atoms with Gasteiger partial charge in [0.2, 0.25) is 5.82 Å². The Balaban J connectivity index is 1.58. The number of benzene rings is 2. The summed E-state index contributed by atoms with van der Waals surface area (Å²) in [7, 11) is 0. The van der Waals surface area contributed by atoms with Crippen molar-refractivity contribution in [2.45, 2.75) is 58.4 Å². The lowest BCUT2D eigenvalue weighted by molar-refractivity contribution is 0.487. The highest BCUT2D eigenvalue weighted by molar-refractivity contribution is 5.80. The van der Waals surface area contributed by atoms with Crippen LogP contribution >= 0.6 is 0 Å². The Morgan fingerprint density at radius 3 is 2.73 bits per heavy atom. The normalized spacial score (nSPS) is 13.1. The number of tetrazole rings is 1. The molecule has 1 aliphatic rings. The molecule has 4 aromatic rings. The number of hydrogen-bond donors (Lipinski definition) is 1. The van der Waals surface area contributed by atoms with Crippen LogP contribution in [0, 0.1) is 0 Å². The summed E-state index contributed by atoms with van der Waals surface area (Å²) < 4.78 is 1.90. The number of rotatable bonds is 7. The molecule has 7 nitrogen and oxygen atoms in total. The molecule has 0 aliphatic carbocycles. The highest BCUT2D eigenvalue weighted by Gasteiger charge is 2.20. The average molecular weight is 441 g/mol. The lowest BCUT2D eigenvalue weighted by Gasteiger charge is -2.21. The van der Waals surface area contributed by atoms with Crippen LogP contribution in [0.3, 0.4) is 0 Å². The molecule has 1 N–H and O–H groups in total. The Kier molecular flexibility index (Phi) is 6.11. The van der Waals surface area contributed by atoms with Crippen molar-refractivity contribution in [2.75, 3.05) is 0 Å². The Labute approximate surface area is 192 Å². The Morgan fingerprint density at radius 2 is 1.94 bits per heavy atom. The van der Waals surface area contributed by atoms with Crippen LogP contribution in [0.1, 0.15) is 55.3 Å². The second kappa shape index (κ2) is 9.48. The molecule has 0 atom stereocenters. The molecule has 0 saturated carbocycles. The molecule has 0 radical (unpaired) electrons. The van der Waals surface area contributed by atoms with Crippen LogP contribution in [0.5, 0.6) is 0 Å². The molecule has 0 unspecified atom stereocenters. The molecular weight excluding hydrogens is 412 g/mol. The first-order valence-electron chi connectivity index (χ1n) is 11.8. The van der Waals surface area contributed by atoms with E-state index in [9.17, 15) is 4.79 Å². The van der Waals surface area contributed by atoms with Crippen molar-refractivity contribution < 1.29 is 0 Å². The number of H-pyrrole nitrogens is 1. The van der Waals surface area contributed by atoms with E-state index in [0.29, 0.717) is 12.2 Å². The van der Waals surface area contributed by atoms with E-state index in [1.807, 2.05) is 22.8 Å². The van der Waals surface area contributed by atoms with Gasteiger partial charge < -0.3 is 0 Å². The average Bonchev–Trinajstić information content (AvgIpc) is 3.40. The zero-order valence-corrected chi connectivity index (χ0v) is 18.9. The summed E-state index contributed by atoms with van der Waals surface area (Å²) in [6.45, 7) is 2.94. The zero-order chi connectivity index (χ0) is 22.6. The van der Waals surface area contributed by atoms with Gasteiger partial charge >= 0.3 is 0 Å². The van der Waals surface area contributed by atoms with Gasteiger partial charge in [0, 0.05) is 30.5 Å². The van der Waals surface area contributed by atoms with Crippen molar-refractivity contribution in [1.29, 1.82) is 0 Å². The van der Waals surface area contributed by atoms with E-state index in [2.05, 4.69) is 57.9 Å². The maximum absolute atomic E-state index is 13.5. The summed E-state index contributed by atoms with van der Waals surface area (Å²) >= 11 is 0. The third kappa shape index (κ3) is 4.35. The highest BCUT2D eigenvalue weighted by atomic mass is 16.1. The first kappa shape index (κ1) is 21.2. The van der Waals surface area contributed by atoms with E-state index in [1.54, 1.807) is 0 Å². The van der Waals surface area contributed by atoms with Crippen LogP contribution in [0.15, 0.2) is 53.3 Å². The second-order valence-corrected chi connectivity index (χ2v) is 8.63. The van der Waals surface area contributed by atoms with Gasteiger partial charge in [0.15, 0.2) is 0 Å². The molecule has 0 saturated heterocycles. The molecule has 1 aliphatic heterocycles. The quantitative estimate of drug-likeness (QED) is 0.461. The van der Waals surface area contributed by atoms with E-state index in [0.717, 1.165) is 84.4 Å². The smallest absolute Gasteiger partial charge is 0.257 e. The van der Waals surface area contributed by atoms with E-state index in [4.69, 9.17) is 4.98 Å². The fourth-order valence-electron chi connectivity index (χ4n) is 4.63. The van der Waals surface area contributed by atoms with Gasteiger partial charge in [-0.25, -0.2) is 4.98 Å². The van der Waals surface area contributed by atoms with Gasteiger partial charge in [-0.1, -0.05) is 55.8 Å². The van der Waals surface area contributed by atoms with Gasteiger partial charge in [0.1, 0.15) is 5.82 Å². The van der Waals surface area contributed by atoms with Crippen molar-refractivity contribution in [3.05, 3.63) is 81.5 Å². The third-order valence-electron chi connectivity index (χ3n) is 6.36. The molecule has 2 aromatic carbocycles. The Hall–Kier alpha value is -3.61. The summed E-state index contributed by atoms with van der Waals surface area (Å²) in [5.74, 6) is 1.50. The number of nitrogens with one attached hydrogen (secondary N) is 1. The fourth-order valence-corrected chi connectivity index (χ4v) is 4.63. The van der Waals surface area contributed by atoms with Gasteiger partial charge in [0.25, 0.3) is 5.56 Å². The first-order chi connectivity index (χ1) is 16.2. The molecule has 168 valence electrons. The molecule has 5 rings (SSSR count). The summed E-state index contributed by atoms with van der Waals surface area (Å²) in [6, 6.07) is 16.4. The first-order valence-corrected chi connectivity index (χ1v) is 11.8. The molecule has 0 bridgehead atoms. The SMILES string of the molecule is CCCCc1nc2n(c(=O)c1Cc1ccc(-c3ccccc3)c(-c3nn[nH]n3)c1)CCCC2. The molecular formula is C26H28N6O. The van der Waals surface area contributed by atoms with E-state index >= 15 is 0 Å². The number of nitrogens with zero attached hydrogens (tertiary/aromatic N) is 5. The summed E-state index contributed by atoms with van der Waals surface area (Å²) in [4.78, 5) is 18.5. The lowest BCUT2D eigenvalue weighted by atomic mass is 9.94. The van der Waals surface area contributed by atoms with E-state index in [-0.39, 0.29) is 5.56 Å². The van der Waals surface area contributed by atoms with Gasteiger partial charge in [-0.2, -0.15) is 5.21 Å². The van der Waals surface area contributed by atoms with Crippen molar-refractivity contribution in [1.82, 2.24) is 30.2 Å². The summed E-state index contributed by atoms with van der Waals surface area (Å²) in [5, 5.41) is 14.8. The predicted octanol–water partition coefficient (Wildman–Crippen LogP) is 4.36. The summed E-state index contributed by atoms with van der Waals surface area (Å²) in [5.41, 5.74) is 5.97. The van der Waals surface area contributed by atoms with Gasteiger partial charge in [0.05, 0.1) is 5.69 Å². The fraction of sp³-hybridized carbons (Fsp3) is 0.346. The zero-order valence-electron chi connectivity index (χ0n) is 18.9. The van der Waals surface area contributed by atoms with Crippen LogP contribution < -0.4 is 5.56 Å². The molecule has 33 heavy (non-hydrogen) atoms. The van der Waals surface area contributed by atoms with Gasteiger partial charge in [-0.05, 0) is 53.7 Å². The number of hydrogen-bond acceptors (Lipinski definition) is 5. The topological polar surface area (TPSA) is 89.4 Å². The lowest BCUT2D eigenvalue weighted by Crippen LogP contribution is -2.32. The number of aryl methyl sites for hydroxylation is 2. The number of unbranched alkanes of at least 4 members (excludes halogenated alkanes) is 1. The number of aromatic amines is 1. The van der Waals surface area contributed by atoms with Crippen LogP contribution in [0.25, 0.3) is 22.5 Å². The molecule has 0 amide bonds. The van der Waals surface area contributed by atoms with Gasteiger partial charge in [-0.3, -0.25) is 9.36 Å². The Morgan fingerprint density at radius 1 is 1.06 bits per heavy atom. The standard InChI is InChI=1S/C26H28N6O/c1-2-3-11-23-22(26(33)32-15-8-7-12-24(32)27-23)17-18-13-14-20(19-9-5-4-6-10-19)21(16-18)25-28-30-31-29-25/h4-6,9-10,13-14,16H,2-3,7-8,11-12,15,17H2,1H3,(H,28,29,30,31). The van der Waals surface area contributed by atoms with Crippen LogP contribution in [0.2, 0.25) is 0 Å². The highest BCUT2D eigenvalue weighted by Crippen LogP contribution is 2.31. The van der Waals surface area contributed by atoms with Crippen molar-refractivity contribution in [2.24, 2.45) is 0 Å². The number of aromatic nitrogens is 6. The van der Waals surface area contributed by atoms with Crippen molar-refractivity contribution in [3.63, 3.8) is 0 Å². The third-order valence-corrected chi connectivity index (χ3v) is 6.36. The van der Waals surface area contributed by atoms with E-state index in [1.165, 1.54) is 0 Å². The van der Waals surface area contributed by atoms with Gasteiger partial charge in [-0.15, -0.1) is 10.2 Å². The number of fused-ring (bicyclic) bond motifs is 1. The minimum Gasteiger partial charge on any atom is -0.296 e. The summed E-state index contributed by atoms with van der Waals surface area (Å²) in [6.07, 6.45) is 6.53. The van der Waals surface area contributed by atoms with E-state index < -0.39 is 0 Å². The minimum absolute atomic E-state index is 0.124. The van der Waals surface area contributed by atoms with Crippen molar-refractivity contribution >= 4 is 0 Å². The molecule has 0 fully saturated rings. The maximum atomic E-state index is 13.5. The molecule has 0 spiro atoms. The van der Waals surface area contributed by atoms with Crippen LogP contribution in [-0.2, 0) is 25.8 Å². The monoisotopic (exact) mass is 440 g/mol. The largest absolute Gasteiger partial charge is 0.296 e. The minimum atomic E-state index is 0.124. The van der Waals surface area contributed by atoms with Crippen LogP contribution in [-0.4, -0.2) is 30.2 Å². The maximum Gasteiger partial charge on any atom is 0.257 e. The Bertz CT molecular complexity index is 1290. The van der Waals surface area contributed by atoms with Crippen molar-refractivity contribution in [3.8, 4) is 22.5 Å².